The smallest absolute Gasteiger partial charge is 0.335 e. The third-order valence-corrected chi connectivity index (χ3v) is 1.92. The summed E-state index contributed by atoms with van der Waals surface area (Å²) in [6.45, 7) is 4.93. The summed E-state index contributed by atoms with van der Waals surface area (Å²) in [6.07, 6.45) is 0. The van der Waals surface area contributed by atoms with Crippen LogP contribution in [0.5, 0.6) is 0 Å². The highest BCUT2D eigenvalue weighted by Gasteiger charge is 2.01. The highest BCUT2D eigenvalue weighted by Crippen LogP contribution is 2.04. The standard InChI is InChI=1S/C11H15NO2.ClH/c1-8(2)12-7-9-3-5-10(6-4-9)11(13)14;/h3-6,8,12H,7H2,1-2H3,(H,13,14);1H. The number of carboxylic acids is 1. The number of halogens is 1. The molecule has 0 aliphatic rings. The van der Waals surface area contributed by atoms with Crippen LogP contribution in [0.2, 0.25) is 0 Å². The van der Waals surface area contributed by atoms with Crippen molar-refractivity contribution in [3.8, 4) is 0 Å². The van der Waals surface area contributed by atoms with E-state index < -0.39 is 5.97 Å². The molecule has 0 fully saturated rings. The molecular formula is C11H16ClNO2. The minimum Gasteiger partial charge on any atom is -0.478 e. The van der Waals surface area contributed by atoms with Crippen LogP contribution in [-0.4, -0.2) is 17.1 Å². The van der Waals surface area contributed by atoms with Crippen LogP contribution in [0.1, 0.15) is 29.8 Å². The van der Waals surface area contributed by atoms with E-state index in [4.69, 9.17) is 5.11 Å². The lowest BCUT2D eigenvalue weighted by Crippen LogP contribution is -2.21. The normalized spacial score (nSPS) is 9.80. The van der Waals surface area contributed by atoms with Gasteiger partial charge in [-0.1, -0.05) is 26.0 Å². The summed E-state index contributed by atoms with van der Waals surface area (Å²) in [4.78, 5) is 10.6. The zero-order valence-electron chi connectivity index (χ0n) is 8.86. The van der Waals surface area contributed by atoms with Gasteiger partial charge in [-0.2, -0.15) is 0 Å². The minimum atomic E-state index is -0.881. The fourth-order valence-electron chi connectivity index (χ4n) is 1.09. The van der Waals surface area contributed by atoms with Gasteiger partial charge in [-0.25, -0.2) is 4.79 Å². The molecule has 0 spiro atoms. The maximum absolute atomic E-state index is 10.6. The van der Waals surface area contributed by atoms with Crippen molar-refractivity contribution in [2.45, 2.75) is 26.4 Å². The molecule has 2 N–H and O–H groups in total. The molecule has 84 valence electrons. The van der Waals surface area contributed by atoms with Gasteiger partial charge in [-0.3, -0.25) is 0 Å². The summed E-state index contributed by atoms with van der Waals surface area (Å²) < 4.78 is 0. The van der Waals surface area contributed by atoms with Crippen LogP contribution in [0.25, 0.3) is 0 Å². The molecular weight excluding hydrogens is 214 g/mol. The van der Waals surface area contributed by atoms with Crippen molar-refractivity contribution in [2.75, 3.05) is 0 Å². The Kier molecular flexibility index (Phi) is 5.97. The summed E-state index contributed by atoms with van der Waals surface area (Å²) in [5, 5.41) is 11.9. The Bertz CT molecular complexity index is 309. The number of rotatable bonds is 4. The molecule has 1 rings (SSSR count). The third kappa shape index (κ3) is 4.81. The first-order valence-electron chi connectivity index (χ1n) is 4.65. The van der Waals surface area contributed by atoms with E-state index in [1.807, 2.05) is 12.1 Å². The Balaban J connectivity index is 0.00000196. The van der Waals surface area contributed by atoms with Crippen molar-refractivity contribution in [3.63, 3.8) is 0 Å². The molecule has 1 aromatic rings. The lowest BCUT2D eigenvalue weighted by Gasteiger charge is -2.07. The second-order valence-electron chi connectivity index (χ2n) is 3.54. The van der Waals surface area contributed by atoms with E-state index in [2.05, 4.69) is 19.2 Å². The zero-order chi connectivity index (χ0) is 10.6. The van der Waals surface area contributed by atoms with Crippen molar-refractivity contribution in [1.29, 1.82) is 0 Å². The summed E-state index contributed by atoms with van der Waals surface area (Å²) in [5.41, 5.74) is 1.43. The van der Waals surface area contributed by atoms with Gasteiger partial charge in [0, 0.05) is 12.6 Å². The summed E-state index contributed by atoms with van der Waals surface area (Å²) in [5.74, 6) is -0.881. The van der Waals surface area contributed by atoms with Crippen LogP contribution >= 0.6 is 12.4 Å². The summed E-state index contributed by atoms with van der Waals surface area (Å²) in [7, 11) is 0. The molecule has 0 saturated carbocycles. The Morgan fingerprint density at radius 3 is 2.27 bits per heavy atom. The highest BCUT2D eigenvalue weighted by atomic mass is 35.5. The molecule has 0 heterocycles. The van der Waals surface area contributed by atoms with E-state index in [0.29, 0.717) is 11.6 Å². The number of benzene rings is 1. The number of carboxylic acid groups (broad SMARTS) is 1. The molecule has 0 aromatic heterocycles. The maximum Gasteiger partial charge on any atom is 0.335 e. The first-order chi connectivity index (χ1) is 6.59. The predicted molar refractivity (Wildman–Crippen MR) is 62.6 cm³/mol. The van der Waals surface area contributed by atoms with Gasteiger partial charge in [0.1, 0.15) is 0 Å². The monoisotopic (exact) mass is 229 g/mol. The van der Waals surface area contributed by atoms with Crippen molar-refractivity contribution in [3.05, 3.63) is 35.4 Å². The van der Waals surface area contributed by atoms with Gasteiger partial charge in [-0.15, -0.1) is 12.4 Å². The molecule has 0 bridgehead atoms. The minimum absolute atomic E-state index is 0. The zero-order valence-corrected chi connectivity index (χ0v) is 9.67. The van der Waals surface area contributed by atoms with Gasteiger partial charge in [0.05, 0.1) is 5.56 Å². The quantitative estimate of drug-likeness (QED) is 0.833. The Hall–Kier alpha value is -1.06. The summed E-state index contributed by atoms with van der Waals surface area (Å²) in [6, 6.07) is 7.35. The van der Waals surface area contributed by atoms with E-state index >= 15 is 0 Å². The van der Waals surface area contributed by atoms with Crippen LogP contribution in [0.4, 0.5) is 0 Å². The number of nitrogens with one attached hydrogen (secondary N) is 1. The Labute approximate surface area is 95.9 Å². The predicted octanol–water partition coefficient (Wildman–Crippen LogP) is 2.30. The molecule has 15 heavy (non-hydrogen) atoms. The third-order valence-electron chi connectivity index (χ3n) is 1.92. The Morgan fingerprint density at radius 1 is 1.33 bits per heavy atom. The van der Waals surface area contributed by atoms with Crippen LogP contribution in [0.3, 0.4) is 0 Å². The molecule has 0 amide bonds. The molecule has 0 atom stereocenters. The van der Waals surface area contributed by atoms with E-state index in [1.54, 1.807) is 12.1 Å². The van der Waals surface area contributed by atoms with Crippen molar-refractivity contribution in [1.82, 2.24) is 5.32 Å². The highest BCUT2D eigenvalue weighted by molar-refractivity contribution is 5.87. The molecule has 3 nitrogen and oxygen atoms in total. The van der Waals surface area contributed by atoms with Crippen LogP contribution < -0.4 is 5.32 Å². The van der Waals surface area contributed by atoms with Gasteiger partial charge in [-0.05, 0) is 17.7 Å². The first kappa shape index (κ1) is 13.9. The Morgan fingerprint density at radius 2 is 1.87 bits per heavy atom. The van der Waals surface area contributed by atoms with Gasteiger partial charge < -0.3 is 10.4 Å². The SMILES string of the molecule is CC(C)NCc1ccc(C(=O)O)cc1.Cl. The molecule has 0 aliphatic heterocycles. The number of aromatic carboxylic acids is 1. The second kappa shape index (κ2) is 6.43. The van der Waals surface area contributed by atoms with Crippen LogP contribution in [0, 0.1) is 0 Å². The maximum atomic E-state index is 10.6. The summed E-state index contributed by atoms with van der Waals surface area (Å²) >= 11 is 0. The molecule has 1 aromatic carbocycles. The second-order valence-corrected chi connectivity index (χ2v) is 3.54. The van der Waals surface area contributed by atoms with Crippen LogP contribution in [0.15, 0.2) is 24.3 Å². The van der Waals surface area contributed by atoms with E-state index in [1.165, 1.54) is 0 Å². The lowest BCUT2D eigenvalue weighted by atomic mass is 10.1. The molecule has 0 unspecified atom stereocenters. The fourth-order valence-corrected chi connectivity index (χ4v) is 1.09. The number of carbonyl (C=O) groups is 1. The van der Waals surface area contributed by atoms with Crippen molar-refractivity contribution in [2.24, 2.45) is 0 Å². The average Bonchev–Trinajstić information content (AvgIpc) is 2.15. The fraction of sp³-hybridized carbons (Fsp3) is 0.364. The molecule has 0 aliphatic carbocycles. The number of hydrogen-bond donors (Lipinski definition) is 2. The van der Waals surface area contributed by atoms with Gasteiger partial charge in [0.15, 0.2) is 0 Å². The van der Waals surface area contributed by atoms with E-state index in [9.17, 15) is 4.79 Å². The van der Waals surface area contributed by atoms with E-state index in [0.717, 1.165) is 12.1 Å². The van der Waals surface area contributed by atoms with Gasteiger partial charge in [0.2, 0.25) is 0 Å². The lowest BCUT2D eigenvalue weighted by molar-refractivity contribution is 0.0697. The van der Waals surface area contributed by atoms with Crippen molar-refractivity contribution < 1.29 is 9.90 Å². The molecule has 4 heteroatoms. The molecule has 0 radical (unpaired) electrons. The first-order valence-corrected chi connectivity index (χ1v) is 4.65. The van der Waals surface area contributed by atoms with Crippen LogP contribution in [-0.2, 0) is 6.54 Å². The van der Waals surface area contributed by atoms with Gasteiger partial charge in [0.25, 0.3) is 0 Å². The van der Waals surface area contributed by atoms with E-state index in [-0.39, 0.29) is 12.4 Å². The van der Waals surface area contributed by atoms with Crippen molar-refractivity contribution >= 4 is 18.4 Å². The van der Waals surface area contributed by atoms with Gasteiger partial charge >= 0.3 is 5.97 Å². The average molecular weight is 230 g/mol. The number of hydrogen-bond acceptors (Lipinski definition) is 2. The molecule has 0 saturated heterocycles. The topological polar surface area (TPSA) is 49.3 Å². The largest absolute Gasteiger partial charge is 0.478 e.